The van der Waals surface area contributed by atoms with E-state index >= 15 is 0 Å². The maximum atomic E-state index is 12.4. The van der Waals surface area contributed by atoms with Crippen LogP contribution in [-0.2, 0) is 9.47 Å². The SMILES string of the molecule is CCOCCOc1ccc(C(=O)NC(=S)Nc2ccc(C(=O)NCCCOC)cc2)cc1. The molecule has 0 aliphatic heterocycles. The first-order chi connectivity index (χ1) is 15.5. The van der Waals surface area contributed by atoms with Crippen LogP contribution in [0.3, 0.4) is 0 Å². The Labute approximate surface area is 193 Å². The first kappa shape index (κ1) is 25.3. The molecule has 2 aromatic carbocycles. The maximum absolute atomic E-state index is 12.4. The predicted octanol–water partition coefficient (Wildman–Crippen LogP) is 3.00. The van der Waals surface area contributed by atoms with Crippen molar-refractivity contribution >= 4 is 34.8 Å². The molecule has 0 fully saturated rings. The number of ether oxygens (including phenoxy) is 3. The molecule has 0 bridgehead atoms. The van der Waals surface area contributed by atoms with E-state index in [0.29, 0.717) is 55.5 Å². The van der Waals surface area contributed by atoms with Gasteiger partial charge in [-0.05, 0) is 74.1 Å². The third-order valence-electron chi connectivity index (χ3n) is 4.26. The molecule has 0 saturated heterocycles. The van der Waals surface area contributed by atoms with Gasteiger partial charge < -0.3 is 24.8 Å². The van der Waals surface area contributed by atoms with Crippen molar-refractivity contribution in [2.75, 3.05) is 45.4 Å². The second-order valence-corrected chi connectivity index (χ2v) is 7.07. The number of benzene rings is 2. The molecule has 2 aromatic rings. The Bertz CT molecular complexity index is 872. The van der Waals surface area contributed by atoms with Crippen molar-refractivity contribution in [2.45, 2.75) is 13.3 Å². The van der Waals surface area contributed by atoms with Crippen LogP contribution in [0.25, 0.3) is 0 Å². The van der Waals surface area contributed by atoms with E-state index < -0.39 is 0 Å². The molecule has 0 unspecified atom stereocenters. The molecule has 0 aliphatic carbocycles. The first-order valence-corrected chi connectivity index (χ1v) is 10.7. The highest BCUT2D eigenvalue weighted by Crippen LogP contribution is 2.13. The van der Waals surface area contributed by atoms with Crippen molar-refractivity contribution in [3.63, 3.8) is 0 Å². The van der Waals surface area contributed by atoms with Gasteiger partial charge in [0.15, 0.2) is 5.11 Å². The fourth-order valence-corrected chi connectivity index (χ4v) is 2.84. The van der Waals surface area contributed by atoms with Crippen LogP contribution in [0.2, 0.25) is 0 Å². The summed E-state index contributed by atoms with van der Waals surface area (Å²) in [5.74, 6) is 0.161. The fraction of sp³-hybridized carbons (Fsp3) is 0.348. The van der Waals surface area contributed by atoms with Crippen molar-refractivity contribution in [3.05, 3.63) is 59.7 Å². The average Bonchev–Trinajstić information content (AvgIpc) is 2.80. The van der Waals surface area contributed by atoms with Gasteiger partial charge >= 0.3 is 0 Å². The summed E-state index contributed by atoms with van der Waals surface area (Å²) in [6, 6.07) is 13.6. The maximum Gasteiger partial charge on any atom is 0.257 e. The molecule has 0 aliphatic rings. The van der Waals surface area contributed by atoms with E-state index in [1.54, 1.807) is 55.6 Å². The van der Waals surface area contributed by atoms with E-state index in [9.17, 15) is 9.59 Å². The molecule has 2 rings (SSSR count). The van der Waals surface area contributed by atoms with Crippen molar-refractivity contribution in [1.82, 2.24) is 10.6 Å². The lowest BCUT2D eigenvalue weighted by Crippen LogP contribution is -2.34. The minimum absolute atomic E-state index is 0.156. The van der Waals surface area contributed by atoms with E-state index in [4.69, 9.17) is 26.4 Å². The number of methoxy groups -OCH3 is 1. The summed E-state index contributed by atoms with van der Waals surface area (Å²) >= 11 is 5.21. The monoisotopic (exact) mass is 459 g/mol. The zero-order chi connectivity index (χ0) is 23.2. The topological polar surface area (TPSA) is 97.9 Å². The second-order valence-electron chi connectivity index (χ2n) is 6.66. The summed E-state index contributed by atoms with van der Waals surface area (Å²) in [4.78, 5) is 24.5. The van der Waals surface area contributed by atoms with Gasteiger partial charge in [0.1, 0.15) is 12.4 Å². The van der Waals surface area contributed by atoms with Crippen LogP contribution in [0.15, 0.2) is 48.5 Å². The van der Waals surface area contributed by atoms with Gasteiger partial charge in [0.25, 0.3) is 11.8 Å². The molecule has 8 nitrogen and oxygen atoms in total. The van der Waals surface area contributed by atoms with Crippen molar-refractivity contribution in [1.29, 1.82) is 0 Å². The Morgan fingerprint density at radius 3 is 2.22 bits per heavy atom. The number of hydrogen-bond acceptors (Lipinski definition) is 6. The van der Waals surface area contributed by atoms with Gasteiger partial charge in [-0.3, -0.25) is 14.9 Å². The number of carbonyl (C=O) groups excluding carboxylic acids is 2. The summed E-state index contributed by atoms with van der Waals surface area (Å²) in [6.45, 7) is 4.67. The standard InChI is InChI=1S/C23H29N3O5S/c1-3-30-15-16-31-20-11-7-18(8-12-20)22(28)26-23(32)25-19-9-5-17(6-10-19)21(27)24-13-4-14-29-2/h5-12H,3-4,13-16H2,1-2H3,(H,24,27)(H2,25,26,28,32). The molecule has 0 radical (unpaired) electrons. The van der Waals surface area contributed by atoms with Crippen molar-refractivity contribution in [2.24, 2.45) is 0 Å². The number of amides is 2. The Kier molecular flexibility index (Phi) is 11.1. The van der Waals surface area contributed by atoms with E-state index in [1.165, 1.54) is 0 Å². The molecule has 2 amide bonds. The zero-order valence-corrected chi connectivity index (χ0v) is 19.1. The summed E-state index contributed by atoms with van der Waals surface area (Å²) < 4.78 is 15.7. The highest BCUT2D eigenvalue weighted by molar-refractivity contribution is 7.80. The molecule has 0 aromatic heterocycles. The average molecular weight is 460 g/mol. The van der Waals surface area contributed by atoms with E-state index in [2.05, 4.69) is 16.0 Å². The van der Waals surface area contributed by atoms with Gasteiger partial charge in [0, 0.05) is 43.7 Å². The minimum atomic E-state index is -0.338. The Balaban J connectivity index is 1.79. The van der Waals surface area contributed by atoms with Crippen LogP contribution in [0.1, 0.15) is 34.1 Å². The molecule has 0 saturated carbocycles. The van der Waals surface area contributed by atoms with Gasteiger partial charge in [0.2, 0.25) is 0 Å². The Hall–Kier alpha value is -3.01. The van der Waals surface area contributed by atoms with Crippen LogP contribution in [-0.4, -0.2) is 57.0 Å². The van der Waals surface area contributed by atoms with Crippen molar-refractivity contribution in [3.8, 4) is 5.75 Å². The quantitative estimate of drug-likeness (QED) is 0.332. The lowest BCUT2D eigenvalue weighted by atomic mass is 10.2. The number of carbonyl (C=O) groups is 2. The fourth-order valence-electron chi connectivity index (χ4n) is 2.63. The van der Waals surface area contributed by atoms with Crippen molar-refractivity contribution < 1.29 is 23.8 Å². The third kappa shape index (κ3) is 9.01. The minimum Gasteiger partial charge on any atom is -0.491 e. The largest absolute Gasteiger partial charge is 0.491 e. The Morgan fingerprint density at radius 2 is 1.56 bits per heavy atom. The van der Waals surface area contributed by atoms with Crippen LogP contribution in [0, 0.1) is 0 Å². The summed E-state index contributed by atoms with van der Waals surface area (Å²) in [7, 11) is 1.62. The molecule has 32 heavy (non-hydrogen) atoms. The van der Waals surface area contributed by atoms with Gasteiger partial charge in [0.05, 0.1) is 6.61 Å². The molecule has 0 atom stereocenters. The zero-order valence-electron chi connectivity index (χ0n) is 18.3. The van der Waals surface area contributed by atoms with Crippen LogP contribution < -0.4 is 20.7 Å². The van der Waals surface area contributed by atoms with Gasteiger partial charge in [-0.15, -0.1) is 0 Å². The predicted molar refractivity (Wildman–Crippen MR) is 127 cm³/mol. The molecule has 9 heteroatoms. The smallest absolute Gasteiger partial charge is 0.257 e. The Morgan fingerprint density at radius 1 is 0.906 bits per heavy atom. The van der Waals surface area contributed by atoms with E-state index in [-0.39, 0.29) is 16.9 Å². The van der Waals surface area contributed by atoms with E-state index in [0.717, 1.165) is 6.42 Å². The summed E-state index contributed by atoms with van der Waals surface area (Å²) in [5.41, 5.74) is 1.64. The first-order valence-electron chi connectivity index (χ1n) is 10.3. The highest BCUT2D eigenvalue weighted by atomic mass is 32.1. The summed E-state index contributed by atoms with van der Waals surface area (Å²) in [6.07, 6.45) is 0.750. The molecular formula is C23H29N3O5S. The van der Waals surface area contributed by atoms with Crippen LogP contribution in [0.5, 0.6) is 5.75 Å². The number of thiocarbonyl (C=S) groups is 1. The summed E-state index contributed by atoms with van der Waals surface area (Å²) in [5, 5.41) is 8.54. The van der Waals surface area contributed by atoms with Gasteiger partial charge in [-0.25, -0.2) is 0 Å². The molecular weight excluding hydrogens is 430 g/mol. The van der Waals surface area contributed by atoms with E-state index in [1.807, 2.05) is 6.92 Å². The number of hydrogen-bond donors (Lipinski definition) is 3. The lowest BCUT2D eigenvalue weighted by molar-refractivity contribution is 0.0946. The molecule has 172 valence electrons. The lowest BCUT2D eigenvalue weighted by Gasteiger charge is -2.11. The molecule has 0 heterocycles. The molecule has 0 spiro atoms. The van der Waals surface area contributed by atoms with Crippen LogP contribution >= 0.6 is 12.2 Å². The van der Waals surface area contributed by atoms with Gasteiger partial charge in [-0.2, -0.15) is 0 Å². The van der Waals surface area contributed by atoms with Gasteiger partial charge in [-0.1, -0.05) is 0 Å². The second kappa shape index (κ2) is 14.1. The normalized spacial score (nSPS) is 10.3. The third-order valence-corrected chi connectivity index (χ3v) is 4.46. The number of nitrogens with one attached hydrogen (secondary N) is 3. The number of anilines is 1. The van der Waals surface area contributed by atoms with Crippen LogP contribution in [0.4, 0.5) is 5.69 Å². The highest BCUT2D eigenvalue weighted by Gasteiger charge is 2.09. The number of rotatable bonds is 12. The molecule has 3 N–H and O–H groups in total.